The molecular weight excluding hydrogens is 367 g/mol. The molecule has 1 aliphatic rings. The lowest BCUT2D eigenvalue weighted by molar-refractivity contribution is -0.135. The largest absolute Gasteiger partial charge is 0.338 e. The Morgan fingerprint density at radius 1 is 1.14 bits per heavy atom. The van der Waals surface area contributed by atoms with Crippen molar-refractivity contribution in [2.45, 2.75) is 45.1 Å². The minimum atomic E-state index is -1.36. The van der Waals surface area contributed by atoms with E-state index < -0.39 is 41.8 Å². The van der Waals surface area contributed by atoms with E-state index in [0.717, 1.165) is 11.3 Å². The van der Waals surface area contributed by atoms with Crippen LogP contribution >= 0.6 is 0 Å². The first-order chi connectivity index (χ1) is 13.3. The van der Waals surface area contributed by atoms with Crippen molar-refractivity contribution in [2.24, 2.45) is 0 Å². The van der Waals surface area contributed by atoms with Crippen molar-refractivity contribution in [3.8, 4) is 0 Å². The average molecular weight is 392 g/mol. The molecule has 0 bridgehead atoms. The second kappa shape index (κ2) is 9.29. The third-order valence-electron chi connectivity index (χ3n) is 4.51. The first-order valence-electron chi connectivity index (χ1n) is 9.32. The van der Waals surface area contributed by atoms with E-state index in [-0.39, 0.29) is 0 Å². The molecule has 0 aromatic heterocycles. The normalized spacial score (nSPS) is 18.8. The lowest BCUT2D eigenvalue weighted by Gasteiger charge is -2.27. The zero-order valence-electron chi connectivity index (χ0n) is 16.0. The van der Waals surface area contributed by atoms with Crippen LogP contribution in [-0.4, -0.2) is 41.9 Å². The number of halogens is 1. The van der Waals surface area contributed by atoms with Gasteiger partial charge in [-0.1, -0.05) is 38.8 Å². The van der Waals surface area contributed by atoms with E-state index >= 15 is 0 Å². The molecule has 0 radical (unpaired) electrons. The minimum Gasteiger partial charge on any atom is -0.338 e. The van der Waals surface area contributed by atoms with Crippen molar-refractivity contribution in [3.05, 3.63) is 35.6 Å². The van der Waals surface area contributed by atoms with Gasteiger partial charge in [-0.15, -0.1) is 0 Å². The van der Waals surface area contributed by atoms with Gasteiger partial charge >= 0.3 is 12.1 Å². The molecule has 1 aromatic rings. The number of amides is 6. The molecule has 3 N–H and O–H groups in total. The molecule has 2 rings (SSSR count). The number of hydrogen-bond donors (Lipinski definition) is 3. The third kappa shape index (κ3) is 4.65. The van der Waals surface area contributed by atoms with E-state index in [0.29, 0.717) is 31.4 Å². The van der Waals surface area contributed by atoms with Crippen LogP contribution in [0.25, 0.3) is 0 Å². The summed E-state index contributed by atoms with van der Waals surface area (Å²) in [5.74, 6) is -1.83. The Kier molecular flexibility index (Phi) is 7.08. The summed E-state index contributed by atoms with van der Waals surface area (Å²) in [6.07, 6.45) is 2.44. The van der Waals surface area contributed by atoms with Gasteiger partial charge in [0.15, 0.2) is 0 Å². The number of nitrogens with zero attached hydrogens (tertiary/aromatic N) is 1. The van der Waals surface area contributed by atoms with E-state index in [1.807, 2.05) is 13.8 Å². The molecule has 1 atom stereocenters. The van der Waals surface area contributed by atoms with E-state index in [2.05, 4.69) is 16.0 Å². The molecule has 0 spiro atoms. The summed E-state index contributed by atoms with van der Waals surface area (Å²) in [5.41, 5.74) is -0.907. The number of imide groups is 2. The number of carbonyl (C=O) groups excluding carboxylic acids is 4. The van der Waals surface area contributed by atoms with Crippen LogP contribution in [0.4, 0.5) is 14.0 Å². The summed E-state index contributed by atoms with van der Waals surface area (Å²) < 4.78 is 13.3. The van der Waals surface area contributed by atoms with Crippen molar-refractivity contribution < 1.29 is 23.6 Å². The molecule has 6 amide bonds. The summed E-state index contributed by atoms with van der Waals surface area (Å²) in [5, 5.41) is 7.23. The van der Waals surface area contributed by atoms with E-state index in [1.165, 1.54) is 24.3 Å². The summed E-state index contributed by atoms with van der Waals surface area (Å²) in [4.78, 5) is 50.0. The fourth-order valence-corrected chi connectivity index (χ4v) is 3.05. The Labute approximate surface area is 162 Å². The maximum absolute atomic E-state index is 13.3. The minimum absolute atomic E-state index is 0.314. The third-order valence-corrected chi connectivity index (χ3v) is 4.51. The molecule has 1 aliphatic heterocycles. The van der Waals surface area contributed by atoms with E-state index in [4.69, 9.17) is 0 Å². The summed E-state index contributed by atoms with van der Waals surface area (Å²) in [6, 6.07) is 3.92. The lowest BCUT2D eigenvalue weighted by atomic mass is 9.85. The smallest absolute Gasteiger partial charge is 0.325 e. The highest BCUT2D eigenvalue weighted by Crippen LogP contribution is 2.34. The van der Waals surface area contributed by atoms with Crippen LogP contribution in [0.5, 0.6) is 0 Å². The molecule has 0 aliphatic carbocycles. The van der Waals surface area contributed by atoms with Crippen LogP contribution in [0, 0.1) is 5.82 Å². The first kappa shape index (κ1) is 21.3. The van der Waals surface area contributed by atoms with Gasteiger partial charge in [-0.25, -0.2) is 14.0 Å². The highest BCUT2D eigenvalue weighted by atomic mass is 19.1. The summed E-state index contributed by atoms with van der Waals surface area (Å²) in [6.45, 7) is 3.62. The number of hydrogen-bond acceptors (Lipinski definition) is 4. The predicted molar refractivity (Wildman–Crippen MR) is 99.7 cm³/mol. The molecule has 1 heterocycles. The Balaban J connectivity index is 2.18. The van der Waals surface area contributed by atoms with Gasteiger partial charge in [-0.2, -0.15) is 0 Å². The van der Waals surface area contributed by atoms with Gasteiger partial charge in [-0.05, 0) is 30.5 Å². The van der Waals surface area contributed by atoms with Crippen molar-refractivity contribution in [1.82, 2.24) is 20.9 Å². The zero-order valence-corrected chi connectivity index (χ0v) is 16.0. The summed E-state index contributed by atoms with van der Waals surface area (Å²) >= 11 is 0. The summed E-state index contributed by atoms with van der Waals surface area (Å²) in [7, 11) is 0. The highest BCUT2D eigenvalue weighted by molar-refractivity contribution is 6.10. The Morgan fingerprint density at radius 3 is 2.43 bits per heavy atom. The van der Waals surface area contributed by atoms with Gasteiger partial charge in [0.25, 0.3) is 5.91 Å². The first-order valence-corrected chi connectivity index (χ1v) is 9.32. The molecule has 1 fully saturated rings. The Hall–Kier alpha value is -2.97. The van der Waals surface area contributed by atoms with E-state index in [9.17, 15) is 23.6 Å². The molecule has 1 aromatic carbocycles. The van der Waals surface area contributed by atoms with Crippen molar-refractivity contribution in [3.63, 3.8) is 0 Å². The second-order valence-corrected chi connectivity index (χ2v) is 6.64. The predicted octanol–water partition coefficient (Wildman–Crippen LogP) is 2.00. The molecule has 152 valence electrons. The van der Waals surface area contributed by atoms with Crippen molar-refractivity contribution in [2.75, 3.05) is 13.1 Å². The van der Waals surface area contributed by atoms with Gasteiger partial charge in [0.05, 0.1) is 0 Å². The van der Waals surface area contributed by atoms with E-state index in [1.54, 1.807) is 0 Å². The maximum atomic E-state index is 13.3. The van der Waals surface area contributed by atoms with Gasteiger partial charge in [0.2, 0.25) is 5.91 Å². The molecule has 28 heavy (non-hydrogen) atoms. The SMILES string of the molecule is CCCC[C@@]1(c2ccc(F)cc2)NC(=O)N(CC(=O)NC(=O)NCCC)C1=O. The molecular formula is C19H25FN4O4. The van der Waals surface area contributed by atoms with Crippen LogP contribution in [0.2, 0.25) is 0 Å². The van der Waals surface area contributed by atoms with Crippen LogP contribution in [0.15, 0.2) is 24.3 Å². The maximum Gasteiger partial charge on any atom is 0.325 e. The zero-order chi connectivity index (χ0) is 20.7. The molecule has 1 saturated heterocycles. The van der Waals surface area contributed by atoms with Crippen LogP contribution in [-0.2, 0) is 15.1 Å². The standard InChI is InChI=1S/C19H25FN4O4/c1-3-5-10-19(13-6-8-14(20)9-7-13)16(26)24(18(28)23-19)12-15(25)22-17(27)21-11-4-2/h6-9H,3-5,10-12H2,1-2H3,(H,23,28)(H2,21,22,25,27)/t19-/m0/s1. The van der Waals surface area contributed by atoms with Crippen LogP contribution in [0.3, 0.4) is 0 Å². The monoisotopic (exact) mass is 392 g/mol. The topological polar surface area (TPSA) is 108 Å². The van der Waals surface area contributed by atoms with Crippen molar-refractivity contribution >= 4 is 23.9 Å². The average Bonchev–Trinajstić information content (AvgIpc) is 2.90. The number of nitrogens with one attached hydrogen (secondary N) is 3. The van der Waals surface area contributed by atoms with Gasteiger partial charge in [0, 0.05) is 6.54 Å². The fraction of sp³-hybridized carbons (Fsp3) is 0.474. The number of unbranched alkanes of at least 4 members (excludes halogenated alkanes) is 1. The Bertz CT molecular complexity index is 753. The van der Waals surface area contributed by atoms with Crippen LogP contribution < -0.4 is 16.0 Å². The highest BCUT2D eigenvalue weighted by Gasteiger charge is 2.52. The number of carbonyl (C=O) groups is 4. The number of urea groups is 2. The Morgan fingerprint density at radius 2 is 1.82 bits per heavy atom. The molecule has 0 saturated carbocycles. The van der Waals surface area contributed by atoms with Gasteiger partial charge < -0.3 is 10.6 Å². The van der Waals surface area contributed by atoms with Crippen LogP contribution in [0.1, 0.15) is 45.1 Å². The van der Waals surface area contributed by atoms with Gasteiger partial charge in [0.1, 0.15) is 17.9 Å². The van der Waals surface area contributed by atoms with Crippen molar-refractivity contribution in [1.29, 1.82) is 0 Å². The fourth-order valence-electron chi connectivity index (χ4n) is 3.05. The quantitative estimate of drug-likeness (QED) is 0.588. The molecule has 0 unspecified atom stereocenters. The number of benzene rings is 1. The molecule has 9 heteroatoms. The van der Waals surface area contributed by atoms with Gasteiger partial charge in [-0.3, -0.25) is 19.8 Å². The lowest BCUT2D eigenvalue weighted by Crippen LogP contribution is -2.47. The second-order valence-electron chi connectivity index (χ2n) is 6.64. The molecule has 8 nitrogen and oxygen atoms in total. The number of rotatable bonds is 8.